The molecule has 1 atom stereocenters. The van der Waals surface area contributed by atoms with E-state index in [1.165, 1.54) is 0 Å². The van der Waals surface area contributed by atoms with E-state index < -0.39 is 6.04 Å². The summed E-state index contributed by atoms with van der Waals surface area (Å²) < 4.78 is 1.12. The average Bonchev–Trinajstić information content (AvgIpc) is 2.70. The number of nitrogens with two attached hydrogens (primary N) is 2. The Morgan fingerprint density at radius 2 is 2.13 bits per heavy atom. The fourth-order valence-corrected chi connectivity index (χ4v) is 2.47. The summed E-state index contributed by atoms with van der Waals surface area (Å²) in [5.41, 5.74) is 8.65. The number of hydrazine groups is 1. The van der Waals surface area contributed by atoms with Gasteiger partial charge in [-0.3, -0.25) is 10.2 Å². The molecule has 0 aliphatic heterocycles. The predicted molar refractivity (Wildman–Crippen MR) is 61.1 cm³/mol. The lowest BCUT2D eigenvalue weighted by Gasteiger charge is -2.08. The molecule has 4 nitrogen and oxygen atoms in total. The van der Waals surface area contributed by atoms with Crippen LogP contribution in [0.3, 0.4) is 0 Å². The first-order chi connectivity index (χ1) is 7.24. The predicted octanol–water partition coefficient (Wildman–Crippen LogP) is 0.891. The minimum Gasteiger partial charge on any atom is -0.316 e. The van der Waals surface area contributed by atoms with E-state index in [2.05, 4.69) is 5.43 Å². The number of carbonyl (C=O) groups is 1. The molecule has 2 rings (SSSR count). The minimum atomic E-state index is -0.703. The van der Waals surface area contributed by atoms with Crippen LogP contribution in [0.5, 0.6) is 0 Å². The zero-order valence-electron chi connectivity index (χ0n) is 7.94. The highest BCUT2D eigenvalue weighted by Crippen LogP contribution is 2.29. The molecule has 1 heterocycles. The van der Waals surface area contributed by atoms with Gasteiger partial charge in [-0.15, -0.1) is 11.3 Å². The van der Waals surface area contributed by atoms with Crippen LogP contribution in [-0.4, -0.2) is 5.91 Å². The van der Waals surface area contributed by atoms with Crippen LogP contribution in [0.4, 0.5) is 0 Å². The average molecular weight is 221 g/mol. The maximum atomic E-state index is 11.3. The molecular formula is C10H11N3OS. The van der Waals surface area contributed by atoms with Crippen LogP contribution in [0.25, 0.3) is 10.1 Å². The fraction of sp³-hybridized carbons (Fsp3) is 0.100. The van der Waals surface area contributed by atoms with Gasteiger partial charge in [0.1, 0.15) is 6.04 Å². The number of amides is 1. The Morgan fingerprint density at radius 3 is 2.87 bits per heavy atom. The second kappa shape index (κ2) is 3.98. The number of fused-ring (bicyclic) bond motifs is 1. The van der Waals surface area contributed by atoms with E-state index >= 15 is 0 Å². The highest BCUT2D eigenvalue weighted by atomic mass is 32.1. The Hall–Kier alpha value is -1.43. The molecule has 5 N–H and O–H groups in total. The Morgan fingerprint density at radius 1 is 1.40 bits per heavy atom. The number of rotatable bonds is 2. The standard InChI is InChI=1S/C10H11N3OS/c11-9(10(14)13-12)7-5-15-8-4-2-1-3-6(7)8/h1-5,9H,11-12H2,(H,13,14). The Labute approximate surface area is 90.8 Å². The van der Waals surface area contributed by atoms with Crippen LogP contribution in [-0.2, 0) is 4.79 Å². The summed E-state index contributed by atoms with van der Waals surface area (Å²) in [5.74, 6) is 4.67. The molecule has 0 spiro atoms. The second-order valence-electron chi connectivity index (χ2n) is 3.17. The van der Waals surface area contributed by atoms with Crippen molar-refractivity contribution in [2.75, 3.05) is 0 Å². The molecule has 1 aromatic heterocycles. The van der Waals surface area contributed by atoms with E-state index in [0.29, 0.717) is 0 Å². The number of hydrogen-bond acceptors (Lipinski definition) is 4. The summed E-state index contributed by atoms with van der Waals surface area (Å²) in [6, 6.07) is 7.12. The summed E-state index contributed by atoms with van der Waals surface area (Å²) >= 11 is 1.57. The first-order valence-corrected chi connectivity index (χ1v) is 5.34. The molecule has 1 unspecified atom stereocenters. The van der Waals surface area contributed by atoms with E-state index in [9.17, 15) is 4.79 Å². The van der Waals surface area contributed by atoms with Crippen LogP contribution in [0.15, 0.2) is 29.6 Å². The number of carbonyl (C=O) groups excluding carboxylic acids is 1. The van der Waals surface area contributed by atoms with Crippen molar-refractivity contribution in [2.24, 2.45) is 11.6 Å². The SMILES string of the molecule is NNC(=O)C(N)c1csc2ccccc12. The lowest BCUT2D eigenvalue weighted by Crippen LogP contribution is -2.38. The molecule has 5 heteroatoms. The lowest BCUT2D eigenvalue weighted by molar-refractivity contribution is -0.122. The van der Waals surface area contributed by atoms with Gasteiger partial charge in [-0.25, -0.2) is 5.84 Å². The molecular weight excluding hydrogens is 210 g/mol. The summed E-state index contributed by atoms with van der Waals surface area (Å²) in [4.78, 5) is 11.3. The monoisotopic (exact) mass is 221 g/mol. The summed E-state index contributed by atoms with van der Waals surface area (Å²) in [7, 11) is 0. The van der Waals surface area contributed by atoms with E-state index in [-0.39, 0.29) is 5.91 Å². The van der Waals surface area contributed by atoms with E-state index in [0.717, 1.165) is 15.6 Å². The van der Waals surface area contributed by atoms with Gasteiger partial charge < -0.3 is 5.73 Å². The molecule has 0 aliphatic carbocycles. The normalized spacial score (nSPS) is 12.7. The summed E-state index contributed by atoms with van der Waals surface area (Å²) in [6.45, 7) is 0. The molecule has 2 aromatic rings. The molecule has 0 fully saturated rings. The number of nitrogens with one attached hydrogen (secondary N) is 1. The van der Waals surface area contributed by atoms with Crippen molar-refractivity contribution in [1.29, 1.82) is 0 Å². The third-order valence-corrected chi connectivity index (χ3v) is 3.25. The molecule has 1 amide bonds. The van der Waals surface area contributed by atoms with E-state index in [1.807, 2.05) is 29.6 Å². The van der Waals surface area contributed by atoms with E-state index in [4.69, 9.17) is 11.6 Å². The Bertz CT molecular complexity index is 494. The van der Waals surface area contributed by atoms with Gasteiger partial charge in [0.05, 0.1) is 0 Å². The number of benzene rings is 1. The maximum Gasteiger partial charge on any atom is 0.255 e. The highest BCUT2D eigenvalue weighted by Gasteiger charge is 2.17. The van der Waals surface area contributed by atoms with Crippen molar-refractivity contribution < 1.29 is 4.79 Å². The first kappa shape index (κ1) is 10.1. The summed E-state index contributed by atoms with van der Waals surface area (Å²) in [5, 5.41) is 2.91. The lowest BCUT2D eigenvalue weighted by atomic mass is 10.1. The molecule has 0 bridgehead atoms. The third kappa shape index (κ3) is 1.72. The number of hydrogen-bond donors (Lipinski definition) is 3. The highest BCUT2D eigenvalue weighted by molar-refractivity contribution is 7.17. The molecule has 0 saturated carbocycles. The Kier molecular flexibility index (Phi) is 2.68. The largest absolute Gasteiger partial charge is 0.316 e. The smallest absolute Gasteiger partial charge is 0.255 e. The zero-order chi connectivity index (χ0) is 10.8. The van der Waals surface area contributed by atoms with Gasteiger partial charge in [-0.1, -0.05) is 18.2 Å². The molecule has 15 heavy (non-hydrogen) atoms. The molecule has 0 radical (unpaired) electrons. The van der Waals surface area contributed by atoms with Crippen molar-refractivity contribution in [1.82, 2.24) is 5.43 Å². The van der Waals surface area contributed by atoms with Crippen LogP contribution in [0.1, 0.15) is 11.6 Å². The van der Waals surface area contributed by atoms with Gasteiger partial charge in [-0.05, 0) is 22.4 Å². The van der Waals surface area contributed by atoms with Gasteiger partial charge in [0.25, 0.3) is 5.91 Å². The van der Waals surface area contributed by atoms with Gasteiger partial charge in [0, 0.05) is 4.70 Å². The van der Waals surface area contributed by atoms with Crippen molar-refractivity contribution >= 4 is 27.3 Å². The maximum absolute atomic E-state index is 11.3. The number of thiophene rings is 1. The first-order valence-electron chi connectivity index (χ1n) is 4.46. The minimum absolute atomic E-state index is 0.376. The third-order valence-electron chi connectivity index (χ3n) is 2.27. The molecule has 78 valence electrons. The van der Waals surface area contributed by atoms with Crippen molar-refractivity contribution in [2.45, 2.75) is 6.04 Å². The van der Waals surface area contributed by atoms with Crippen molar-refractivity contribution in [3.8, 4) is 0 Å². The van der Waals surface area contributed by atoms with E-state index in [1.54, 1.807) is 11.3 Å². The molecule has 0 aliphatic rings. The fourth-order valence-electron chi connectivity index (χ4n) is 1.47. The molecule has 0 saturated heterocycles. The summed E-state index contributed by atoms with van der Waals surface area (Å²) in [6.07, 6.45) is 0. The quantitative estimate of drug-likeness (QED) is 0.400. The van der Waals surface area contributed by atoms with Gasteiger partial charge in [0.15, 0.2) is 0 Å². The van der Waals surface area contributed by atoms with Crippen LogP contribution >= 0.6 is 11.3 Å². The zero-order valence-corrected chi connectivity index (χ0v) is 8.75. The van der Waals surface area contributed by atoms with Crippen molar-refractivity contribution in [3.63, 3.8) is 0 Å². The van der Waals surface area contributed by atoms with Gasteiger partial charge in [-0.2, -0.15) is 0 Å². The van der Waals surface area contributed by atoms with Crippen LogP contribution < -0.4 is 17.0 Å². The van der Waals surface area contributed by atoms with Crippen molar-refractivity contribution in [3.05, 3.63) is 35.2 Å². The topological polar surface area (TPSA) is 81.1 Å². The molecule has 1 aromatic carbocycles. The second-order valence-corrected chi connectivity index (χ2v) is 4.08. The van der Waals surface area contributed by atoms with Crippen LogP contribution in [0, 0.1) is 0 Å². The van der Waals surface area contributed by atoms with Crippen LogP contribution in [0.2, 0.25) is 0 Å². The van der Waals surface area contributed by atoms with Gasteiger partial charge >= 0.3 is 0 Å². The van der Waals surface area contributed by atoms with Gasteiger partial charge in [0.2, 0.25) is 0 Å². The Balaban J connectivity index is 2.48.